The summed E-state index contributed by atoms with van der Waals surface area (Å²) >= 11 is 0. The highest BCUT2D eigenvalue weighted by atomic mass is 16.4. The third-order valence-corrected chi connectivity index (χ3v) is 2.34. The number of H-pyrrole nitrogens is 2. The highest BCUT2D eigenvalue weighted by molar-refractivity contribution is 5.86. The maximum atomic E-state index is 11.0. The van der Waals surface area contributed by atoms with Gasteiger partial charge in [0.2, 0.25) is 0 Å². The molecule has 1 heterocycles. The van der Waals surface area contributed by atoms with Gasteiger partial charge in [0.1, 0.15) is 11.4 Å². The van der Waals surface area contributed by atoms with Crippen molar-refractivity contribution >= 4 is 5.97 Å². The van der Waals surface area contributed by atoms with Gasteiger partial charge in [0, 0.05) is 6.42 Å². The number of phenols is 1. The summed E-state index contributed by atoms with van der Waals surface area (Å²) in [5.74, 6) is -1.05. The molecule has 6 heteroatoms. The van der Waals surface area contributed by atoms with Crippen molar-refractivity contribution in [2.24, 2.45) is 0 Å². The number of benzene rings is 1. The van der Waals surface area contributed by atoms with E-state index in [1.807, 2.05) is 0 Å². The lowest BCUT2D eigenvalue weighted by Gasteiger charge is -2.00. The molecule has 0 spiro atoms. The first-order valence-electron chi connectivity index (χ1n) is 4.88. The number of aromatic nitrogens is 2. The maximum Gasteiger partial charge on any atom is 0.354 e. The normalized spacial score (nSPS) is 10.4. The van der Waals surface area contributed by atoms with Crippen LogP contribution in [0.15, 0.2) is 29.1 Å². The summed E-state index contributed by atoms with van der Waals surface area (Å²) in [6.45, 7) is 0. The summed E-state index contributed by atoms with van der Waals surface area (Å²) in [6.07, 6.45) is 0.278. The molecule has 0 radical (unpaired) electrons. The number of carboxylic acid groups (broad SMARTS) is 1. The highest BCUT2D eigenvalue weighted by Crippen LogP contribution is 2.13. The van der Waals surface area contributed by atoms with Gasteiger partial charge in [-0.05, 0) is 17.7 Å². The SMILES string of the molecule is O=C(O)c1[nH]c(=O)[nH]c1Cc1ccc(O)cc1. The van der Waals surface area contributed by atoms with Gasteiger partial charge in [0.05, 0.1) is 5.69 Å². The first-order chi connectivity index (χ1) is 8.06. The second kappa shape index (κ2) is 4.17. The van der Waals surface area contributed by atoms with Gasteiger partial charge in [-0.3, -0.25) is 4.98 Å². The van der Waals surface area contributed by atoms with Crippen LogP contribution >= 0.6 is 0 Å². The zero-order valence-electron chi connectivity index (χ0n) is 8.73. The fourth-order valence-electron chi connectivity index (χ4n) is 1.55. The molecule has 0 atom stereocenters. The van der Waals surface area contributed by atoms with Crippen molar-refractivity contribution in [2.75, 3.05) is 0 Å². The van der Waals surface area contributed by atoms with Crippen LogP contribution < -0.4 is 5.69 Å². The van der Waals surface area contributed by atoms with Crippen molar-refractivity contribution in [1.82, 2.24) is 9.97 Å². The van der Waals surface area contributed by atoms with Crippen LogP contribution in [0.2, 0.25) is 0 Å². The van der Waals surface area contributed by atoms with Gasteiger partial charge in [0.15, 0.2) is 0 Å². The summed E-state index contributed by atoms with van der Waals surface area (Å²) in [5.41, 5.74) is 0.424. The number of aromatic amines is 2. The number of aromatic carboxylic acids is 1. The van der Waals surface area contributed by atoms with Gasteiger partial charge < -0.3 is 15.2 Å². The fraction of sp³-hybridized carbons (Fsp3) is 0.0909. The second-order valence-corrected chi connectivity index (χ2v) is 3.58. The topological polar surface area (TPSA) is 106 Å². The van der Waals surface area contributed by atoms with E-state index < -0.39 is 11.7 Å². The third-order valence-electron chi connectivity index (χ3n) is 2.34. The Labute approximate surface area is 95.6 Å². The van der Waals surface area contributed by atoms with Crippen LogP contribution in [-0.4, -0.2) is 26.2 Å². The molecular weight excluding hydrogens is 224 g/mol. The number of hydrogen-bond acceptors (Lipinski definition) is 3. The van der Waals surface area contributed by atoms with Crippen LogP contribution in [0, 0.1) is 0 Å². The molecule has 1 aromatic carbocycles. The van der Waals surface area contributed by atoms with Gasteiger partial charge in [-0.25, -0.2) is 9.59 Å². The van der Waals surface area contributed by atoms with Crippen LogP contribution in [0.5, 0.6) is 5.75 Å². The van der Waals surface area contributed by atoms with Crippen LogP contribution in [0.3, 0.4) is 0 Å². The molecule has 0 saturated carbocycles. The minimum atomic E-state index is -1.18. The molecular formula is C11H10N2O4. The number of aromatic hydroxyl groups is 1. The van der Waals surface area contributed by atoms with Crippen LogP contribution in [0.25, 0.3) is 0 Å². The Morgan fingerprint density at radius 3 is 2.41 bits per heavy atom. The Hall–Kier alpha value is -2.50. The largest absolute Gasteiger partial charge is 0.508 e. The molecule has 88 valence electrons. The van der Waals surface area contributed by atoms with Gasteiger partial charge in [0.25, 0.3) is 0 Å². The summed E-state index contributed by atoms with van der Waals surface area (Å²) < 4.78 is 0. The van der Waals surface area contributed by atoms with Gasteiger partial charge in [-0.1, -0.05) is 12.1 Å². The Bertz CT molecular complexity index is 595. The molecule has 0 fully saturated rings. The van der Waals surface area contributed by atoms with Crippen molar-refractivity contribution in [1.29, 1.82) is 0 Å². The van der Waals surface area contributed by atoms with E-state index in [1.165, 1.54) is 12.1 Å². The minimum Gasteiger partial charge on any atom is -0.508 e. The minimum absolute atomic E-state index is 0.134. The molecule has 2 aromatic rings. The molecule has 0 amide bonds. The van der Waals surface area contributed by atoms with E-state index in [1.54, 1.807) is 12.1 Å². The highest BCUT2D eigenvalue weighted by Gasteiger charge is 2.14. The van der Waals surface area contributed by atoms with E-state index in [4.69, 9.17) is 10.2 Å². The summed E-state index contributed by atoms with van der Waals surface area (Å²) in [4.78, 5) is 26.5. The van der Waals surface area contributed by atoms with E-state index in [-0.39, 0.29) is 17.9 Å². The summed E-state index contributed by atoms with van der Waals surface area (Å²) in [6, 6.07) is 6.32. The Kier molecular flexibility index (Phi) is 2.70. The number of nitrogens with one attached hydrogen (secondary N) is 2. The predicted molar refractivity (Wildman–Crippen MR) is 59.3 cm³/mol. The van der Waals surface area contributed by atoms with Crippen molar-refractivity contribution in [3.63, 3.8) is 0 Å². The smallest absolute Gasteiger partial charge is 0.354 e. The van der Waals surface area contributed by atoms with Crippen molar-refractivity contribution in [2.45, 2.75) is 6.42 Å². The van der Waals surface area contributed by atoms with E-state index in [0.717, 1.165) is 5.56 Å². The van der Waals surface area contributed by atoms with E-state index >= 15 is 0 Å². The molecule has 1 aromatic heterocycles. The van der Waals surface area contributed by atoms with Crippen LogP contribution in [0.1, 0.15) is 21.7 Å². The maximum absolute atomic E-state index is 11.0. The quantitative estimate of drug-likeness (QED) is 0.627. The van der Waals surface area contributed by atoms with Crippen molar-refractivity contribution in [3.05, 3.63) is 51.7 Å². The summed E-state index contributed by atoms with van der Waals surface area (Å²) in [5, 5.41) is 18.0. The van der Waals surface area contributed by atoms with E-state index in [2.05, 4.69) is 9.97 Å². The van der Waals surface area contributed by atoms with E-state index in [9.17, 15) is 9.59 Å². The Balaban J connectivity index is 2.32. The number of carboxylic acids is 1. The molecule has 0 saturated heterocycles. The van der Waals surface area contributed by atoms with Crippen molar-refractivity contribution < 1.29 is 15.0 Å². The molecule has 0 aliphatic rings. The third kappa shape index (κ3) is 2.36. The lowest BCUT2D eigenvalue weighted by Crippen LogP contribution is -2.04. The average Bonchev–Trinajstić information content (AvgIpc) is 2.63. The van der Waals surface area contributed by atoms with Gasteiger partial charge >= 0.3 is 11.7 Å². The Morgan fingerprint density at radius 2 is 1.82 bits per heavy atom. The van der Waals surface area contributed by atoms with E-state index in [0.29, 0.717) is 5.69 Å². The Morgan fingerprint density at radius 1 is 1.18 bits per heavy atom. The first-order valence-corrected chi connectivity index (χ1v) is 4.88. The number of phenolic OH excluding ortho intramolecular Hbond substituents is 1. The first kappa shape index (κ1) is 11.0. The zero-order valence-corrected chi connectivity index (χ0v) is 8.73. The fourth-order valence-corrected chi connectivity index (χ4v) is 1.55. The molecule has 0 bridgehead atoms. The lowest BCUT2D eigenvalue weighted by atomic mass is 10.1. The molecule has 0 unspecified atom stereocenters. The molecule has 4 N–H and O–H groups in total. The average molecular weight is 234 g/mol. The molecule has 6 nitrogen and oxygen atoms in total. The molecule has 0 aliphatic carbocycles. The summed E-state index contributed by atoms with van der Waals surface area (Å²) in [7, 11) is 0. The van der Waals surface area contributed by atoms with Crippen molar-refractivity contribution in [3.8, 4) is 5.75 Å². The van der Waals surface area contributed by atoms with Gasteiger partial charge in [-0.15, -0.1) is 0 Å². The number of carbonyl (C=O) groups is 1. The molecule has 0 aliphatic heterocycles. The molecule has 17 heavy (non-hydrogen) atoms. The number of rotatable bonds is 3. The van der Waals surface area contributed by atoms with Crippen LogP contribution in [0.4, 0.5) is 0 Å². The number of imidazole rings is 1. The number of hydrogen-bond donors (Lipinski definition) is 4. The van der Waals surface area contributed by atoms with Gasteiger partial charge in [-0.2, -0.15) is 0 Å². The lowest BCUT2D eigenvalue weighted by molar-refractivity contribution is 0.0690. The predicted octanol–water partition coefficient (Wildman–Crippen LogP) is 0.698. The van der Waals surface area contributed by atoms with Crippen LogP contribution in [-0.2, 0) is 6.42 Å². The molecule has 2 rings (SSSR count). The zero-order chi connectivity index (χ0) is 12.4. The second-order valence-electron chi connectivity index (χ2n) is 3.58. The standard InChI is InChI=1S/C11H10N2O4/c14-7-3-1-6(2-4-7)5-8-9(10(15)16)13-11(17)12-8/h1-4,14H,5H2,(H,15,16)(H2,12,13,17). The monoisotopic (exact) mass is 234 g/mol.